The number of rotatable bonds is 1. The van der Waals surface area contributed by atoms with E-state index in [1.54, 1.807) is 0 Å². The zero-order valence-corrected chi connectivity index (χ0v) is 7.98. The fourth-order valence-electron chi connectivity index (χ4n) is 1.20. The summed E-state index contributed by atoms with van der Waals surface area (Å²) in [5.41, 5.74) is 11.2. The lowest BCUT2D eigenvalue weighted by molar-refractivity contribution is 0.509. The molecule has 0 fully saturated rings. The number of anilines is 2. The molecule has 4 N–H and O–H groups in total. The number of hydrogen-bond acceptors (Lipinski definition) is 5. The van der Waals surface area contributed by atoms with E-state index in [0.717, 1.165) is 12.1 Å². The predicted molar refractivity (Wildman–Crippen MR) is 54.0 cm³/mol. The topological polar surface area (TPSA) is 90.7 Å². The van der Waals surface area contributed by atoms with Gasteiger partial charge in [-0.1, -0.05) is 0 Å². The van der Waals surface area contributed by atoms with Crippen molar-refractivity contribution >= 4 is 11.8 Å². The first kappa shape index (κ1) is 10.2. The summed E-state index contributed by atoms with van der Waals surface area (Å²) >= 11 is 0. The van der Waals surface area contributed by atoms with Crippen LogP contribution < -0.4 is 11.5 Å². The first-order valence-electron chi connectivity index (χ1n) is 4.29. The molecule has 0 aliphatic rings. The van der Waals surface area contributed by atoms with Crippen LogP contribution in [0.3, 0.4) is 0 Å². The molecule has 0 bridgehead atoms. The van der Waals surface area contributed by atoms with Crippen LogP contribution in [0.25, 0.3) is 11.3 Å². The van der Waals surface area contributed by atoms with E-state index in [1.165, 1.54) is 6.07 Å². The molecule has 16 heavy (non-hydrogen) atoms. The van der Waals surface area contributed by atoms with Gasteiger partial charge < -0.3 is 11.5 Å². The van der Waals surface area contributed by atoms with Crippen LogP contribution in [0.15, 0.2) is 18.2 Å². The van der Waals surface area contributed by atoms with Crippen LogP contribution >= 0.6 is 0 Å². The number of benzene rings is 1. The van der Waals surface area contributed by atoms with E-state index in [4.69, 9.17) is 11.5 Å². The second kappa shape index (κ2) is 3.69. The van der Waals surface area contributed by atoms with E-state index >= 15 is 0 Å². The molecule has 0 aliphatic heterocycles. The lowest BCUT2D eigenvalue weighted by atomic mass is 10.1. The van der Waals surface area contributed by atoms with Crippen molar-refractivity contribution in [3.63, 3.8) is 0 Å². The van der Waals surface area contributed by atoms with E-state index < -0.39 is 11.6 Å². The van der Waals surface area contributed by atoms with E-state index in [-0.39, 0.29) is 23.0 Å². The van der Waals surface area contributed by atoms with Crippen LogP contribution in [0.1, 0.15) is 0 Å². The van der Waals surface area contributed by atoms with Crippen molar-refractivity contribution in [1.82, 2.24) is 15.2 Å². The number of nitrogen functional groups attached to an aromatic ring is 2. The van der Waals surface area contributed by atoms with Crippen molar-refractivity contribution in [2.24, 2.45) is 0 Å². The van der Waals surface area contributed by atoms with E-state index in [0.29, 0.717) is 0 Å². The molecular weight excluding hydrogens is 216 g/mol. The van der Waals surface area contributed by atoms with Gasteiger partial charge in [0.25, 0.3) is 0 Å². The highest BCUT2D eigenvalue weighted by Gasteiger charge is 2.10. The number of nitrogens with zero attached hydrogens (tertiary/aromatic N) is 3. The van der Waals surface area contributed by atoms with Gasteiger partial charge in [0.15, 0.2) is 17.5 Å². The maximum Gasteiger partial charge on any atom is 0.242 e. The Morgan fingerprint density at radius 2 is 1.75 bits per heavy atom. The summed E-state index contributed by atoms with van der Waals surface area (Å²) in [6.45, 7) is 0. The van der Waals surface area contributed by atoms with Crippen LogP contribution in [0.4, 0.5) is 20.5 Å². The quantitative estimate of drug-likeness (QED) is 0.752. The van der Waals surface area contributed by atoms with Gasteiger partial charge in [0.2, 0.25) is 5.95 Å². The molecule has 0 amide bonds. The maximum atomic E-state index is 13.0. The lowest BCUT2D eigenvalue weighted by Crippen LogP contribution is -2.04. The molecule has 0 saturated heterocycles. The Hall–Kier alpha value is -2.31. The molecule has 7 heteroatoms. The van der Waals surface area contributed by atoms with E-state index in [2.05, 4.69) is 15.2 Å². The van der Waals surface area contributed by atoms with Gasteiger partial charge in [-0.25, -0.2) is 8.78 Å². The van der Waals surface area contributed by atoms with Gasteiger partial charge in [0.1, 0.15) is 5.69 Å². The molecule has 0 aliphatic carbocycles. The highest BCUT2D eigenvalue weighted by molar-refractivity contribution is 5.69. The van der Waals surface area contributed by atoms with Crippen molar-refractivity contribution in [3.8, 4) is 11.3 Å². The first-order chi connectivity index (χ1) is 7.58. The second-order valence-electron chi connectivity index (χ2n) is 3.03. The van der Waals surface area contributed by atoms with Crippen LogP contribution in [0, 0.1) is 11.6 Å². The minimum atomic E-state index is -0.990. The van der Waals surface area contributed by atoms with Crippen molar-refractivity contribution in [3.05, 3.63) is 29.8 Å². The molecule has 1 aromatic carbocycles. The lowest BCUT2D eigenvalue weighted by Gasteiger charge is -2.03. The van der Waals surface area contributed by atoms with Crippen LogP contribution in [-0.2, 0) is 0 Å². The average molecular weight is 223 g/mol. The van der Waals surface area contributed by atoms with Gasteiger partial charge in [0, 0.05) is 5.56 Å². The number of nitrogens with two attached hydrogens (primary N) is 2. The number of hydrogen-bond donors (Lipinski definition) is 2. The van der Waals surface area contributed by atoms with Crippen LogP contribution in [-0.4, -0.2) is 15.2 Å². The Morgan fingerprint density at radius 3 is 2.38 bits per heavy atom. The third-order valence-electron chi connectivity index (χ3n) is 1.92. The largest absolute Gasteiger partial charge is 0.382 e. The minimum Gasteiger partial charge on any atom is -0.382 e. The Bertz CT molecular complexity index is 543. The average Bonchev–Trinajstić information content (AvgIpc) is 2.22. The van der Waals surface area contributed by atoms with Gasteiger partial charge in [-0.2, -0.15) is 4.98 Å². The van der Waals surface area contributed by atoms with Gasteiger partial charge in [0.05, 0.1) is 0 Å². The molecule has 0 atom stereocenters. The molecule has 0 spiro atoms. The molecular formula is C9H7F2N5. The van der Waals surface area contributed by atoms with Crippen molar-refractivity contribution in [2.75, 3.05) is 11.5 Å². The van der Waals surface area contributed by atoms with Crippen LogP contribution in [0.5, 0.6) is 0 Å². The summed E-state index contributed by atoms with van der Waals surface area (Å²) in [6.07, 6.45) is 0. The Morgan fingerprint density at radius 1 is 1.00 bits per heavy atom. The third-order valence-corrected chi connectivity index (χ3v) is 1.92. The Balaban J connectivity index is 2.54. The molecule has 1 aromatic heterocycles. The highest BCUT2D eigenvalue weighted by atomic mass is 19.2. The summed E-state index contributed by atoms with van der Waals surface area (Å²) in [7, 11) is 0. The normalized spacial score (nSPS) is 10.4. The molecule has 1 heterocycles. The molecule has 82 valence electrons. The third kappa shape index (κ3) is 1.74. The molecule has 0 saturated carbocycles. The summed E-state index contributed by atoms with van der Waals surface area (Å²) in [5, 5.41) is 7.16. The number of aromatic nitrogens is 3. The van der Waals surface area contributed by atoms with E-state index in [9.17, 15) is 8.78 Å². The Labute approximate surface area is 89.1 Å². The highest BCUT2D eigenvalue weighted by Crippen LogP contribution is 2.23. The van der Waals surface area contributed by atoms with Gasteiger partial charge in [-0.15, -0.1) is 10.2 Å². The SMILES string of the molecule is Nc1nnc(-c2ccc(F)c(F)c2)c(N)n1. The van der Waals surface area contributed by atoms with Gasteiger partial charge >= 0.3 is 0 Å². The molecule has 5 nitrogen and oxygen atoms in total. The molecule has 0 radical (unpaired) electrons. The van der Waals surface area contributed by atoms with Gasteiger partial charge in [-0.3, -0.25) is 0 Å². The first-order valence-corrected chi connectivity index (χ1v) is 4.29. The van der Waals surface area contributed by atoms with E-state index in [1.807, 2.05) is 0 Å². The Kier molecular flexibility index (Phi) is 2.35. The molecule has 0 unspecified atom stereocenters. The zero-order valence-electron chi connectivity index (χ0n) is 7.98. The summed E-state index contributed by atoms with van der Waals surface area (Å²) in [5.74, 6) is -2.00. The second-order valence-corrected chi connectivity index (χ2v) is 3.03. The molecule has 2 rings (SSSR count). The fourth-order valence-corrected chi connectivity index (χ4v) is 1.20. The van der Waals surface area contributed by atoms with Crippen molar-refractivity contribution in [1.29, 1.82) is 0 Å². The van der Waals surface area contributed by atoms with Gasteiger partial charge in [-0.05, 0) is 18.2 Å². The fraction of sp³-hybridized carbons (Fsp3) is 0. The van der Waals surface area contributed by atoms with Crippen molar-refractivity contribution < 1.29 is 8.78 Å². The predicted octanol–water partition coefficient (Wildman–Crippen LogP) is 0.981. The minimum absolute atomic E-state index is 0.0125. The summed E-state index contributed by atoms with van der Waals surface area (Å²) in [6, 6.07) is 3.27. The van der Waals surface area contributed by atoms with Crippen LogP contribution in [0.2, 0.25) is 0 Å². The smallest absolute Gasteiger partial charge is 0.242 e. The van der Waals surface area contributed by atoms with Crippen molar-refractivity contribution in [2.45, 2.75) is 0 Å². The molecule has 2 aromatic rings. The standard InChI is InChI=1S/C9H7F2N5/c10-5-2-1-4(3-6(5)11)7-8(12)14-9(13)16-15-7/h1-3H,(H4,12,13,14,16). The zero-order chi connectivity index (χ0) is 11.7. The monoisotopic (exact) mass is 223 g/mol. The maximum absolute atomic E-state index is 13.0. The number of halogens is 2. The summed E-state index contributed by atoms with van der Waals surface area (Å²) < 4.78 is 25.7. The summed E-state index contributed by atoms with van der Waals surface area (Å²) in [4.78, 5) is 3.67.